The van der Waals surface area contributed by atoms with Gasteiger partial charge in [-0.3, -0.25) is 0 Å². The van der Waals surface area contributed by atoms with Gasteiger partial charge in [-0.25, -0.2) is 4.98 Å². The van der Waals surface area contributed by atoms with Crippen molar-refractivity contribution in [3.63, 3.8) is 0 Å². The molecule has 1 aromatic heterocycles. The van der Waals surface area contributed by atoms with Crippen molar-refractivity contribution in [3.8, 4) is 11.5 Å². The maximum Gasteiger partial charge on any atom is 2.00 e. The van der Waals surface area contributed by atoms with Crippen LogP contribution in [0.15, 0.2) is 145 Å². The molecule has 1 atom stereocenters. The predicted octanol–water partition coefficient (Wildman–Crippen LogP) is 14.7. The Hall–Kier alpha value is -5.77. The molecule has 5 nitrogen and oxygen atoms in total. The van der Waals surface area contributed by atoms with Crippen LogP contribution < -0.4 is 14.5 Å². The molecule has 0 saturated heterocycles. The molecule has 0 N–H and O–H groups in total. The van der Waals surface area contributed by atoms with Crippen molar-refractivity contribution in [2.24, 2.45) is 4.99 Å². The van der Waals surface area contributed by atoms with E-state index in [0.717, 1.165) is 45.4 Å². The molecule has 2 aliphatic heterocycles. The summed E-state index contributed by atoms with van der Waals surface area (Å²) in [6.45, 7) is 27.1. The van der Waals surface area contributed by atoms with Gasteiger partial charge in [0.1, 0.15) is 5.82 Å². The third-order valence-corrected chi connectivity index (χ3v) is 14.1. The summed E-state index contributed by atoms with van der Waals surface area (Å²) in [6, 6.07) is 55.4. The molecule has 0 saturated carbocycles. The first-order valence-corrected chi connectivity index (χ1v) is 22.6. The van der Waals surface area contributed by atoms with Crippen LogP contribution in [0.5, 0.6) is 11.5 Å². The number of anilines is 4. The van der Waals surface area contributed by atoms with Gasteiger partial charge in [0, 0.05) is 46.0 Å². The Bertz CT molecular complexity index is 2870. The molecule has 2 aliphatic rings. The fourth-order valence-corrected chi connectivity index (χ4v) is 10.2. The Morgan fingerprint density at radius 1 is 0.646 bits per heavy atom. The number of aryl methyl sites for hydroxylation is 4. The number of ether oxygens (including phenoxy) is 1. The van der Waals surface area contributed by atoms with E-state index >= 15 is 0 Å². The van der Waals surface area contributed by atoms with Gasteiger partial charge in [0.15, 0.2) is 0 Å². The third kappa shape index (κ3) is 7.84. The Labute approximate surface area is 401 Å². The molecule has 0 unspecified atom stereocenters. The second-order valence-corrected chi connectivity index (χ2v) is 20.2. The van der Waals surface area contributed by atoms with E-state index in [1.807, 2.05) is 12.3 Å². The van der Waals surface area contributed by atoms with E-state index in [4.69, 9.17) is 14.7 Å². The fraction of sp³-hybridized carbons (Fsp3) is 0.288. The van der Waals surface area contributed by atoms with Crippen LogP contribution in [0.4, 0.5) is 22.9 Å². The van der Waals surface area contributed by atoms with Gasteiger partial charge in [-0.15, -0.1) is 35.9 Å². The Morgan fingerprint density at radius 3 is 1.92 bits per heavy atom. The van der Waals surface area contributed by atoms with E-state index in [2.05, 4.69) is 232 Å². The van der Waals surface area contributed by atoms with Crippen molar-refractivity contribution in [2.75, 3.05) is 9.80 Å². The van der Waals surface area contributed by atoms with Crippen LogP contribution in [-0.4, -0.2) is 21.9 Å². The van der Waals surface area contributed by atoms with Gasteiger partial charge in [0.25, 0.3) is 0 Å². The monoisotopic (exact) mass is 1040 g/mol. The van der Waals surface area contributed by atoms with E-state index in [1.54, 1.807) is 0 Å². The number of pyridine rings is 1. The fourth-order valence-electron chi connectivity index (χ4n) is 10.2. The number of para-hydroxylation sites is 1. The van der Waals surface area contributed by atoms with E-state index in [9.17, 15) is 0 Å². The predicted molar refractivity (Wildman–Crippen MR) is 266 cm³/mol. The largest absolute Gasteiger partial charge is 2.00 e. The number of hydrogen-bond acceptors (Lipinski definition) is 5. The smallest absolute Gasteiger partial charge is 0.503 e. The van der Waals surface area contributed by atoms with Crippen molar-refractivity contribution in [3.05, 3.63) is 207 Å². The zero-order valence-electron chi connectivity index (χ0n) is 39.9. The van der Waals surface area contributed by atoms with Crippen LogP contribution in [0, 0.1) is 39.8 Å². The van der Waals surface area contributed by atoms with E-state index in [0.29, 0.717) is 11.5 Å². The van der Waals surface area contributed by atoms with Crippen LogP contribution in [0.3, 0.4) is 0 Å². The molecule has 332 valence electrons. The topological polar surface area (TPSA) is 41.0 Å². The molecule has 0 radical (unpaired) electrons. The maximum atomic E-state index is 6.95. The summed E-state index contributed by atoms with van der Waals surface area (Å²) in [4.78, 5) is 15.7. The molecule has 0 fully saturated rings. The van der Waals surface area contributed by atoms with Gasteiger partial charge in [-0.1, -0.05) is 163 Å². The summed E-state index contributed by atoms with van der Waals surface area (Å²) in [5.41, 5.74) is 13.2. The van der Waals surface area contributed by atoms with Crippen molar-refractivity contribution in [1.82, 2.24) is 4.98 Å². The van der Waals surface area contributed by atoms with Crippen molar-refractivity contribution in [1.29, 1.82) is 0 Å². The SMILES string of the molecule is Cc1cc(Oc2[c-]c(C3=N[C@](C)(C(c4ccccc4)c4ccccc4)C(C)(C)N3c3c(C)cccc3C)ccc2C)[c-]c(N2c3ccc(C(C)(C)C)cc3C(C)(C)c3cccnc32)c1.[Pt+2]. The molecule has 6 aromatic carbocycles. The summed E-state index contributed by atoms with van der Waals surface area (Å²) in [5, 5.41) is 0. The average molecular weight is 1040 g/mol. The first-order chi connectivity index (χ1) is 30.4. The van der Waals surface area contributed by atoms with E-state index < -0.39 is 11.1 Å². The van der Waals surface area contributed by atoms with E-state index in [1.165, 1.54) is 38.9 Å². The first kappa shape index (κ1) is 45.8. The number of rotatable bonds is 8. The first-order valence-electron chi connectivity index (χ1n) is 22.6. The molecule has 6 heteroatoms. The standard InChI is InChI=1S/C59H60N4O.Pt/c1-38-33-46(62-50-31-30-45(56(5,6)7)36-49(50)57(8,9)48-27-20-32-60-55(48)62)37-47(34-38)64-51-35-44(29-28-39(51)2)54-61-59(12,58(10,11)63(54)53-40(3)21-19-22-41(53)4)52(42-23-15-13-16-24-42)43-25-17-14-18-26-43;/h13-34,36,52H,1-12H3;/q-2;+2/t59-;/m1./s1. The molecular formula is C59H60N4OPt. The quantitative estimate of drug-likeness (QED) is 0.142. The Kier molecular flexibility index (Phi) is 11.9. The normalized spacial score (nSPS) is 17.3. The Morgan fingerprint density at radius 2 is 1.29 bits per heavy atom. The number of aliphatic imine (C=N–C) groups is 1. The summed E-state index contributed by atoms with van der Waals surface area (Å²) < 4.78 is 6.95. The van der Waals surface area contributed by atoms with Gasteiger partial charge in [-0.05, 0) is 85.5 Å². The summed E-state index contributed by atoms with van der Waals surface area (Å²) in [6.07, 6.45) is 1.88. The van der Waals surface area contributed by atoms with Gasteiger partial charge in [0.2, 0.25) is 0 Å². The molecule has 7 aromatic rings. The second kappa shape index (κ2) is 16.9. The minimum absolute atomic E-state index is 0. The number of amidine groups is 1. The number of nitrogens with zero attached hydrogens (tertiary/aromatic N) is 4. The number of fused-ring (bicyclic) bond motifs is 2. The average Bonchev–Trinajstić information content (AvgIpc) is 3.46. The number of benzene rings is 6. The van der Waals surface area contributed by atoms with Crippen LogP contribution in [0.25, 0.3) is 0 Å². The van der Waals surface area contributed by atoms with Gasteiger partial charge in [-0.2, -0.15) is 5.56 Å². The summed E-state index contributed by atoms with van der Waals surface area (Å²) in [7, 11) is 0. The van der Waals surface area contributed by atoms with Gasteiger partial charge >= 0.3 is 21.1 Å². The molecule has 3 heterocycles. The van der Waals surface area contributed by atoms with Crippen molar-refractivity contribution in [2.45, 2.75) is 111 Å². The van der Waals surface area contributed by atoms with Crippen molar-refractivity contribution < 1.29 is 25.8 Å². The van der Waals surface area contributed by atoms with Crippen molar-refractivity contribution >= 4 is 28.7 Å². The molecule has 0 aliphatic carbocycles. The van der Waals surface area contributed by atoms with E-state index in [-0.39, 0.29) is 37.8 Å². The molecule has 9 rings (SSSR count). The molecule has 0 spiro atoms. The van der Waals surface area contributed by atoms with Gasteiger partial charge < -0.3 is 19.5 Å². The third-order valence-electron chi connectivity index (χ3n) is 14.1. The van der Waals surface area contributed by atoms with Crippen LogP contribution in [0.2, 0.25) is 0 Å². The summed E-state index contributed by atoms with van der Waals surface area (Å²) in [5.74, 6) is 2.98. The van der Waals surface area contributed by atoms with Crippen LogP contribution >= 0.6 is 0 Å². The zero-order valence-corrected chi connectivity index (χ0v) is 42.1. The van der Waals surface area contributed by atoms with Crippen LogP contribution in [-0.2, 0) is 31.9 Å². The molecular weight excluding hydrogens is 976 g/mol. The molecule has 65 heavy (non-hydrogen) atoms. The minimum atomic E-state index is -0.615. The van der Waals surface area contributed by atoms with Gasteiger partial charge in [0.05, 0.1) is 16.9 Å². The summed E-state index contributed by atoms with van der Waals surface area (Å²) >= 11 is 0. The molecule has 0 bridgehead atoms. The molecule has 0 amide bonds. The minimum Gasteiger partial charge on any atom is -0.503 e. The Balaban J connectivity index is 0.00000576. The maximum absolute atomic E-state index is 6.95. The zero-order chi connectivity index (χ0) is 45.3. The second-order valence-electron chi connectivity index (χ2n) is 20.2. The number of aromatic nitrogens is 1. The van der Waals surface area contributed by atoms with Crippen LogP contribution in [0.1, 0.15) is 117 Å². The number of hydrogen-bond donors (Lipinski definition) is 0.